The lowest BCUT2D eigenvalue weighted by atomic mass is 9.85. The molecule has 0 saturated heterocycles. The normalized spacial score (nSPS) is 18.0. The fourth-order valence-corrected chi connectivity index (χ4v) is 4.93. The van der Waals surface area contributed by atoms with Crippen LogP contribution in [0.15, 0.2) is 34.6 Å². The number of allylic oxidation sites excluding steroid dienone is 2. The zero-order chi connectivity index (χ0) is 22.0. The summed E-state index contributed by atoms with van der Waals surface area (Å²) in [5.41, 5.74) is 2.69. The van der Waals surface area contributed by atoms with E-state index in [2.05, 4.69) is 12.2 Å². The van der Waals surface area contributed by atoms with E-state index >= 15 is 0 Å². The third kappa shape index (κ3) is 4.44. The monoisotopic (exact) mass is 442 g/mol. The predicted octanol–water partition coefficient (Wildman–Crippen LogP) is 4.99. The molecule has 1 aliphatic heterocycles. The van der Waals surface area contributed by atoms with Crippen LogP contribution < -0.4 is 14.8 Å². The molecule has 2 heterocycles. The van der Waals surface area contributed by atoms with Crippen LogP contribution in [0.5, 0.6) is 11.5 Å². The smallest absolute Gasteiger partial charge is 0.227 e. The number of thioether (sulfide) groups is 1. The molecule has 1 unspecified atom stereocenters. The van der Waals surface area contributed by atoms with Gasteiger partial charge in [0.15, 0.2) is 17.3 Å². The van der Waals surface area contributed by atoms with E-state index in [1.165, 1.54) is 0 Å². The van der Waals surface area contributed by atoms with Crippen molar-refractivity contribution < 1.29 is 14.3 Å². The van der Waals surface area contributed by atoms with E-state index in [9.17, 15) is 4.79 Å². The lowest BCUT2D eigenvalue weighted by Crippen LogP contribution is -2.31. The SMILES string of the molecule is CCCCSc1nc2n(n1)C(c1ccc(OC(C)C)c(OC)c1)C1=C(CCCC1=O)N2. The molecule has 1 aromatic heterocycles. The Morgan fingerprint density at radius 1 is 1.29 bits per heavy atom. The van der Waals surface area contributed by atoms with Crippen molar-refractivity contribution in [2.24, 2.45) is 0 Å². The summed E-state index contributed by atoms with van der Waals surface area (Å²) in [6, 6.07) is 5.54. The molecule has 31 heavy (non-hydrogen) atoms. The Bertz CT molecular complexity index is 999. The number of anilines is 1. The average Bonchev–Trinajstić information content (AvgIpc) is 3.15. The number of carbonyl (C=O) groups excluding carboxylic acids is 1. The highest BCUT2D eigenvalue weighted by Gasteiger charge is 2.37. The molecule has 7 nitrogen and oxygen atoms in total. The molecule has 1 N–H and O–H groups in total. The maximum absolute atomic E-state index is 13.0. The zero-order valence-corrected chi connectivity index (χ0v) is 19.4. The minimum Gasteiger partial charge on any atom is -0.493 e. The first kappa shape index (κ1) is 21.7. The molecule has 0 fully saturated rings. The van der Waals surface area contributed by atoms with E-state index in [1.807, 2.05) is 36.7 Å². The molecule has 1 atom stereocenters. The zero-order valence-electron chi connectivity index (χ0n) is 18.6. The Morgan fingerprint density at radius 3 is 2.87 bits per heavy atom. The largest absolute Gasteiger partial charge is 0.493 e. The average molecular weight is 443 g/mol. The van der Waals surface area contributed by atoms with Gasteiger partial charge in [-0.2, -0.15) is 4.98 Å². The van der Waals surface area contributed by atoms with Crippen molar-refractivity contribution in [3.63, 3.8) is 0 Å². The maximum atomic E-state index is 13.0. The van der Waals surface area contributed by atoms with Gasteiger partial charge in [0, 0.05) is 23.4 Å². The van der Waals surface area contributed by atoms with Crippen molar-refractivity contribution in [1.82, 2.24) is 14.8 Å². The van der Waals surface area contributed by atoms with Crippen LogP contribution in [0.4, 0.5) is 5.95 Å². The van der Waals surface area contributed by atoms with Crippen LogP contribution in [0.3, 0.4) is 0 Å². The van der Waals surface area contributed by atoms with Crippen molar-refractivity contribution in [3.05, 3.63) is 35.0 Å². The summed E-state index contributed by atoms with van der Waals surface area (Å²) in [6.07, 6.45) is 4.55. The van der Waals surface area contributed by atoms with Gasteiger partial charge in [-0.25, -0.2) is 4.68 Å². The fraction of sp³-hybridized carbons (Fsp3) is 0.522. The molecule has 2 aliphatic rings. The topological polar surface area (TPSA) is 78.3 Å². The lowest BCUT2D eigenvalue weighted by molar-refractivity contribution is -0.116. The van der Waals surface area contributed by atoms with Gasteiger partial charge >= 0.3 is 0 Å². The standard InChI is InChI=1S/C23H30N4O3S/c1-5-6-12-31-23-25-22-24-16-8-7-9-17(28)20(16)21(27(22)26-23)15-10-11-18(30-14(2)3)19(13-15)29-4/h10-11,13-14,21H,5-9,12H2,1-4H3,(H,24,25,26). The van der Waals surface area contributed by atoms with E-state index in [0.29, 0.717) is 23.9 Å². The van der Waals surface area contributed by atoms with Crippen molar-refractivity contribution >= 4 is 23.5 Å². The lowest BCUT2D eigenvalue weighted by Gasteiger charge is -2.32. The first-order chi connectivity index (χ1) is 15.0. The van der Waals surface area contributed by atoms with Gasteiger partial charge in [0.25, 0.3) is 0 Å². The quantitative estimate of drug-likeness (QED) is 0.456. The van der Waals surface area contributed by atoms with E-state index in [4.69, 9.17) is 19.6 Å². The number of unbranched alkanes of at least 4 members (excludes halogenated alkanes) is 1. The van der Waals surface area contributed by atoms with Crippen LogP contribution in [-0.2, 0) is 4.79 Å². The van der Waals surface area contributed by atoms with Crippen LogP contribution in [-0.4, -0.2) is 39.5 Å². The number of ketones is 1. The molecule has 1 aliphatic carbocycles. The van der Waals surface area contributed by atoms with Gasteiger partial charge in [0.05, 0.1) is 13.2 Å². The number of carbonyl (C=O) groups is 1. The molecule has 1 aromatic carbocycles. The molecule has 0 amide bonds. The summed E-state index contributed by atoms with van der Waals surface area (Å²) < 4.78 is 13.3. The van der Waals surface area contributed by atoms with Crippen molar-refractivity contribution in [1.29, 1.82) is 0 Å². The second kappa shape index (κ2) is 9.34. The summed E-state index contributed by atoms with van der Waals surface area (Å²) in [5.74, 6) is 3.18. The molecular formula is C23H30N4O3S. The number of hydrogen-bond acceptors (Lipinski definition) is 7. The van der Waals surface area contributed by atoms with Crippen LogP contribution in [0, 0.1) is 0 Å². The van der Waals surface area contributed by atoms with Gasteiger partial charge < -0.3 is 14.8 Å². The Hall–Kier alpha value is -2.48. The Balaban J connectivity index is 1.77. The number of fused-ring (bicyclic) bond motifs is 1. The highest BCUT2D eigenvalue weighted by molar-refractivity contribution is 7.99. The number of benzene rings is 1. The van der Waals surface area contributed by atoms with Crippen molar-refractivity contribution in [2.45, 2.75) is 70.2 Å². The summed E-state index contributed by atoms with van der Waals surface area (Å²) in [5, 5.41) is 8.90. The van der Waals surface area contributed by atoms with Crippen LogP contribution in [0.25, 0.3) is 0 Å². The van der Waals surface area contributed by atoms with E-state index in [-0.39, 0.29) is 17.9 Å². The van der Waals surface area contributed by atoms with Gasteiger partial charge in [-0.15, -0.1) is 5.10 Å². The number of hydrogen-bond donors (Lipinski definition) is 1. The third-order valence-electron chi connectivity index (χ3n) is 5.44. The van der Waals surface area contributed by atoms with E-state index in [1.54, 1.807) is 18.9 Å². The number of aromatic nitrogens is 3. The summed E-state index contributed by atoms with van der Waals surface area (Å²) in [7, 11) is 1.63. The molecule has 0 radical (unpaired) electrons. The van der Waals surface area contributed by atoms with Gasteiger partial charge in [-0.1, -0.05) is 31.2 Å². The molecule has 8 heteroatoms. The highest BCUT2D eigenvalue weighted by atomic mass is 32.2. The minimum absolute atomic E-state index is 0.0393. The molecule has 166 valence electrons. The van der Waals surface area contributed by atoms with E-state index in [0.717, 1.165) is 53.4 Å². The first-order valence-electron chi connectivity index (χ1n) is 11.0. The van der Waals surface area contributed by atoms with Crippen LogP contribution >= 0.6 is 11.8 Å². The summed E-state index contributed by atoms with van der Waals surface area (Å²) >= 11 is 1.66. The van der Waals surface area contributed by atoms with Gasteiger partial charge in [-0.3, -0.25) is 4.79 Å². The number of nitrogens with zero attached hydrogens (tertiary/aromatic N) is 3. The van der Waals surface area contributed by atoms with E-state index < -0.39 is 0 Å². The Kier molecular flexibility index (Phi) is 6.55. The molecule has 4 rings (SSSR count). The summed E-state index contributed by atoms with van der Waals surface area (Å²) in [6.45, 7) is 6.14. The van der Waals surface area contributed by atoms with Gasteiger partial charge in [-0.05, 0) is 50.8 Å². The molecule has 2 aromatic rings. The number of rotatable bonds is 8. The summed E-state index contributed by atoms with van der Waals surface area (Å²) in [4.78, 5) is 17.7. The maximum Gasteiger partial charge on any atom is 0.227 e. The number of nitrogens with one attached hydrogen (secondary N) is 1. The molecule has 0 bridgehead atoms. The molecular weight excluding hydrogens is 412 g/mol. The second-order valence-corrected chi connectivity index (χ2v) is 9.20. The minimum atomic E-state index is -0.325. The van der Waals surface area contributed by atoms with Crippen LogP contribution in [0.1, 0.15) is 64.5 Å². The fourth-order valence-electron chi connectivity index (χ4n) is 4.02. The van der Waals surface area contributed by atoms with Gasteiger partial charge in [0.2, 0.25) is 11.1 Å². The molecule has 0 saturated carbocycles. The van der Waals surface area contributed by atoms with Crippen molar-refractivity contribution in [3.8, 4) is 11.5 Å². The predicted molar refractivity (Wildman–Crippen MR) is 122 cm³/mol. The molecule has 0 spiro atoms. The van der Waals surface area contributed by atoms with Crippen LogP contribution in [0.2, 0.25) is 0 Å². The third-order valence-corrected chi connectivity index (χ3v) is 6.37. The van der Waals surface area contributed by atoms with Crippen molar-refractivity contribution in [2.75, 3.05) is 18.2 Å². The highest BCUT2D eigenvalue weighted by Crippen LogP contribution is 2.42. The number of ether oxygens (including phenoxy) is 2. The first-order valence-corrected chi connectivity index (χ1v) is 12.0. The Labute approximate surface area is 187 Å². The number of Topliss-reactive ketones (excluding diaryl/α,β-unsaturated/α-hetero) is 1. The Morgan fingerprint density at radius 2 is 2.13 bits per heavy atom. The number of methoxy groups -OCH3 is 1. The second-order valence-electron chi connectivity index (χ2n) is 8.14. The van der Waals surface area contributed by atoms with Gasteiger partial charge in [0.1, 0.15) is 6.04 Å².